The van der Waals surface area contributed by atoms with Gasteiger partial charge in [0, 0.05) is 23.1 Å². The normalized spacial score (nSPS) is 20.2. The van der Waals surface area contributed by atoms with Crippen molar-refractivity contribution in [2.45, 2.75) is 25.6 Å². The van der Waals surface area contributed by atoms with Crippen LogP contribution in [0.2, 0.25) is 0 Å². The van der Waals surface area contributed by atoms with Crippen LogP contribution in [0.5, 0.6) is 17.2 Å². The third-order valence-corrected chi connectivity index (χ3v) is 5.79. The van der Waals surface area contributed by atoms with E-state index in [1.165, 1.54) is 0 Å². The van der Waals surface area contributed by atoms with Crippen molar-refractivity contribution in [1.82, 2.24) is 5.01 Å². The summed E-state index contributed by atoms with van der Waals surface area (Å²) in [6.45, 7) is 2.56. The third kappa shape index (κ3) is 2.81. The molecule has 5 rings (SSSR count). The molecule has 1 N–H and O–H groups in total. The van der Waals surface area contributed by atoms with E-state index in [4.69, 9.17) is 14.6 Å². The summed E-state index contributed by atoms with van der Waals surface area (Å²) in [5, 5.41) is 21.0. The summed E-state index contributed by atoms with van der Waals surface area (Å²) in [5.74, 6) is 1.81. The molecule has 0 saturated heterocycles. The highest BCUT2D eigenvalue weighted by atomic mass is 32.1. The highest BCUT2D eigenvalue weighted by Gasteiger charge is 2.42. The van der Waals surface area contributed by atoms with Crippen molar-refractivity contribution >= 4 is 17.0 Å². The minimum atomic E-state index is -0.305. The second-order valence-electron chi connectivity index (χ2n) is 6.83. The lowest BCUT2D eigenvalue weighted by Gasteiger charge is -2.38. The molecule has 0 spiro atoms. The van der Waals surface area contributed by atoms with Crippen LogP contribution in [0.1, 0.15) is 42.3 Å². The maximum absolute atomic E-state index is 9.88. The Morgan fingerprint density at radius 3 is 2.93 bits per heavy atom. The quantitative estimate of drug-likeness (QED) is 0.672. The Bertz CT molecular complexity index is 1030. The summed E-state index contributed by atoms with van der Waals surface area (Å²) in [4.78, 5) is 0. The smallest absolute Gasteiger partial charge is 0.214 e. The first-order valence-electron chi connectivity index (χ1n) is 9.34. The number of phenolic OH excluding ortho intramolecular Hbond substituents is 1. The van der Waals surface area contributed by atoms with Crippen molar-refractivity contribution in [1.29, 1.82) is 0 Å². The number of rotatable bonds is 4. The van der Waals surface area contributed by atoms with E-state index in [1.807, 2.05) is 41.6 Å². The van der Waals surface area contributed by atoms with E-state index in [0.717, 1.165) is 40.3 Å². The molecule has 2 aliphatic heterocycles. The third-order valence-electron chi connectivity index (χ3n) is 5.09. The molecular weight excluding hydrogens is 372 g/mol. The summed E-state index contributed by atoms with van der Waals surface area (Å²) in [5.41, 5.74) is 4.03. The van der Waals surface area contributed by atoms with Crippen molar-refractivity contribution in [2.24, 2.45) is 5.10 Å². The molecule has 0 amide bonds. The van der Waals surface area contributed by atoms with Gasteiger partial charge in [-0.15, -0.1) is 0 Å². The standard InChI is InChI=1S/C22H20N2O3S/c1-2-26-20-8-4-7-17-19-12-18(14-5-3-6-16(25)11-14)23-24(19)22(27-21(17)20)15-9-10-28-13-15/h3-11,13,19,22,25H,2,12H2,1H3/t19-,22+/m1/s1. The minimum absolute atomic E-state index is 0.0615. The maximum atomic E-state index is 9.88. The average Bonchev–Trinajstić information content (AvgIpc) is 3.38. The topological polar surface area (TPSA) is 54.3 Å². The number of fused-ring (bicyclic) bond motifs is 3. The summed E-state index contributed by atoms with van der Waals surface area (Å²) in [7, 11) is 0. The number of benzene rings is 2. The Kier molecular flexibility index (Phi) is 4.20. The van der Waals surface area contributed by atoms with Crippen molar-refractivity contribution in [3.8, 4) is 17.2 Å². The van der Waals surface area contributed by atoms with Crippen molar-refractivity contribution in [2.75, 3.05) is 6.61 Å². The van der Waals surface area contributed by atoms with Gasteiger partial charge in [-0.3, -0.25) is 0 Å². The lowest BCUT2D eigenvalue weighted by atomic mass is 9.95. The van der Waals surface area contributed by atoms with Gasteiger partial charge in [0.1, 0.15) is 5.75 Å². The van der Waals surface area contributed by atoms with Gasteiger partial charge >= 0.3 is 0 Å². The molecule has 0 aliphatic carbocycles. The Labute approximate surface area is 167 Å². The lowest BCUT2D eigenvalue weighted by molar-refractivity contribution is -0.0209. The molecule has 6 heteroatoms. The zero-order valence-corrected chi connectivity index (χ0v) is 16.2. The van der Waals surface area contributed by atoms with E-state index in [1.54, 1.807) is 23.5 Å². The molecule has 28 heavy (non-hydrogen) atoms. The van der Waals surface area contributed by atoms with Crippen molar-refractivity contribution in [3.05, 3.63) is 76.0 Å². The van der Waals surface area contributed by atoms with Gasteiger partial charge < -0.3 is 14.6 Å². The number of hydrogen-bond acceptors (Lipinski definition) is 6. The Hall–Kier alpha value is -2.99. The second-order valence-corrected chi connectivity index (χ2v) is 7.61. The van der Waals surface area contributed by atoms with Crippen LogP contribution in [0.3, 0.4) is 0 Å². The number of ether oxygens (including phenoxy) is 2. The summed E-state index contributed by atoms with van der Waals surface area (Å²) in [6.07, 6.45) is 0.441. The summed E-state index contributed by atoms with van der Waals surface area (Å²) in [6, 6.07) is 15.4. The highest BCUT2D eigenvalue weighted by molar-refractivity contribution is 7.07. The molecule has 2 atom stereocenters. The Morgan fingerprint density at radius 2 is 2.14 bits per heavy atom. The molecular formula is C22H20N2O3S. The largest absolute Gasteiger partial charge is 0.508 e. The van der Waals surface area contributed by atoms with Gasteiger partial charge in [0.2, 0.25) is 6.23 Å². The number of para-hydroxylation sites is 1. The van der Waals surface area contributed by atoms with Gasteiger partial charge in [0.15, 0.2) is 11.5 Å². The van der Waals surface area contributed by atoms with Crippen molar-refractivity contribution < 1.29 is 14.6 Å². The maximum Gasteiger partial charge on any atom is 0.214 e. The summed E-state index contributed by atoms with van der Waals surface area (Å²) < 4.78 is 12.3. The van der Waals surface area contributed by atoms with Crippen LogP contribution in [-0.2, 0) is 0 Å². The number of phenols is 1. The molecule has 1 aromatic heterocycles. The van der Waals surface area contributed by atoms with Gasteiger partial charge in [-0.25, -0.2) is 5.01 Å². The fourth-order valence-corrected chi connectivity index (χ4v) is 4.51. The molecule has 3 heterocycles. The Balaban J connectivity index is 1.61. The van der Waals surface area contributed by atoms with Crippen LogP contribution >= 0.6 is 11.3 Å². The highest BCUT2D eigenvalue weighted by Crippen LogP contribution is 2.50. The van der Waals surface area contributed by atoms with Gasteiger partial charge in [-0.05, 0) is 41.9 Å². The average molecular weight is 392 g/mol. The SMILES string of the molecule is CCOc1cccc2c1O[C@@H](c1ccsc1)N1N=C(c3cccc(O)c3)C[C@H]21. The fraction of sp³-hybridized carbons (Fsp3) is 0.227. The number of hydrazone groups is 1. The molecule has 142 valence electrons. The van der Waals surface area contributed by atoms with Crippen LogP contribution < -0.4 is 9.47 Å². The van der Waals surface area contributed by atoms with Crippen LogP contribution in [-0.4, -0.2) is 22.4 Å². The molecule has 3 aromatic rings. The number of thiophene rings is 1. The number of aromatic hydroxyl groups is 1. The molecule has 2 aliphatic rings. The minimum Gasteiger partial charge on any atom is -0.508 e. The zero-order chi connectivity index (χ0) is 19.1. The molecule has 0 radical (unpaired) electrons. The number of hydrogen-bond donors (Lipinski definition) is 1. The first kappa shape index (κ1) is 17.1. The van der Waals surface area contributed by atoms with E-state index in [9.17, 15) is 5.11 Å². The van der Waals surface area contributed by atoms with Crippen LogP contribution in [0.25, 0.3) is 0 Å². The van der Waals surface area contributed by atoms with Crippen molar-refractivity contribution in [3.63, 3.8) is 0 Å². The lowest BCUT2D eigenvalue weighted by Crippen LogP contribution is -2.33. The molecule has 2 aromatic carbocycles. The van der Waals surface area contributed by atoms with Gasteiger partial charge in [-0.1, -0.05) is 24.3 Å². The first-order valence-corrected chi connectivity index (χ1v) is 10.3. The molecule has 0 bridgehead atoms. The Morgan fingerprint density at radius 1 is 1.25 bits per heavy atom. The van der Waals surface area contributed by atoms with E-state index in [0.29, 0.717) is 6.61 Å². The molecule has 0 saturated carbocycles. The predicted octanol–water partition coefficient (Wildman–Crippen LogP) is 5.09. The van der Waals surface area contributed by atoms with Crippen LogP contribution in [0, 0.1) is 0 Å². The summed E-state index contributed by atoms with van der Waals surface area (Å²) >= 11 is 1.64. The number of nitrogens with zero attached hydrogens (tertiary/aromatic N) is 2. The first-order chi connectivity index (χ1) is 13.7. The van der Waals surface area contributed by atoms with Crippen LogP contribution in [0.15, 0.2) is 64.4 Å². The fourth-order valence-electron chi connectivity index (χ4n) is 3.85. The van der Waals surface area contributed by atoms with Gasteiger partial charge in [-0.2, -0.15) is 16.4 Å². The van der Waals surface area contributed by atoms with Gasteiger partial charge in [0.05, 0.1) is 18.4 Å². The molecule has 0 unspecified atom stereocenters. The van der Waals surface area contributed by atoms with E-state index in [-0.39, 0.29) is 18.0 Å². The predicted molar refractivity (Wildman–Crippen MR) is 109 cm³/mol. The van der Waals surface area contributed by atoms with E-state index >= 15 is 0 Å². The molecule has 0 fully saturated rings. The van der Waals surface area contributed by atoms with E-state index < -0.39 is 0 Å². The molecule has 5 nitrogen and oxygen atoms in total. The van der Waals surface area contributed by atoms with E-state index in [2.05, 4.69) is 17.5 Å². The van der Waals surface area contributed by atoms with Gasteiger partial charge in [0.25, 0.3) is 0 Å². The van der Waals surface area contributed by atoms with Crippen LogP contribution in [0.4, 0.5) is 0 Å². The zero-order valence-electron chi connectivity index (χ0n) is 15.4. The second kappa shape index (κ2) is 6.87. The monoisotopic (exact) mass is 392 g/mol.